The lowest BCUT2D eigenvalue weighted by molar-refractivity contribution is -0.126. The third-order valence-electron chi connectivity index (χ3n) is 4.80. The van der Waals surface area contributed by atoms with Crippen LogP contribution in [0.4, 0.5) is 0 Å². The lowest BCUT2D eigenvalue weighted by Crippen LogP contribution is -2.32. The Morgan fingerprint density at radius 3 is 2.70 bits per heavy atom. The molecule has 0 saturated carbocycles. The van der Waals surface area contributed by atoms with E-state index in [0.717, 1.165) is 17.5 Å². The Labute approximate surface area is 179 Å². The van der Waals surface area contributed by atoms with Crippen LogP contribution in [0.2, 0.25) is 0 Å². The monoisotopic (exact) mass is 418 g/mol. The van der Waals surface area contributed by atoms with Crippen LogP contribution >= 0.6 is 11.8 Å². The Morgan fingerprint density at radius 1 is 1.17 bits per heavy atom. The maximum atomic E-state index is 13.1. The van der Waals surface area contributed by atoms with Gasteiger partial charge in [0.05, 0.1) is 24.3 Å². The van der Waals surface area contributed by atoms with E-state index >= 15 is 0 Å². The van der Waals surface area contributed by atoms with Gasteiger partial charge in [-0.05, 0) is 42.2 Å². The summed E-state index contributed by atoms with van der Waals surface area (Å²) in [6, 6.07) is 15.8. The second-order valence-corrected chi connectivity index (χ2v) is 8.07. The molecule has 1 aliphatic rings. The summed E-state index contributed by atoms with van der Waals surface area (Å²) in [4.78, 5) is 18.8. The molecular weight excluding hydrogens is 396 g/mol. The van der Waals surface area contributed by atoms with E-state index in [9.17, 15) is 4.79 Å². The van der Waals surface area contributed by atoms with Crippen LogP contribution in [0.5, 0.6) is 0 Å². The highest BCUT2D eigenvalue weighted by Gasteiger charge is 2.38. The van der Waals surface area contributed by atoms with Gasteiger partial charge < -0.3 is 4.42 Å². The number of pyridine rings is 1. The standard InChI is InChI=1S/C23H22N4O2S/c1-2-17-7-9-18(10-8-17)13-21-22(28)27(16-20-6-4-12-29-20)23(30-21)26-25-15-19-5-3-11-24-14-19/h3-12,14-15,21H,2,13,16H2,1H3/b25-15-,26-23-/t21-/m1/s1. The van der Waals surface area contributed by atoms with Crippen LogP contribution in [-0.4, -0.2) is 32.4 Å². The Kier molecular flexibility index (Phi) is 6.39. The first-order chi connectivity index (χ1) is 14.7. The van der Waals surface area contributed by atoms with Crippen molar-refractivity contribution in [3.63, 3.8) is 0 Å². The molecule has 0 radical (unpaired) electrons. The van der Waals surface area contributed by atoms with Crippen LogP contribution < -0.4 is 0 Å². The fourth-order valence-electron chi connectivity index (χ4n) is 3.14. The van der Waals surface area contributed by atoms with E-state index in [2.05, 4.69) is 46.4 Å². The number of carbonyl (C=O) groups is 1. The number of aryl methyl sites for hydroxylation is 1. The fraction of sp³-hybridized carbons (Fsp3) is 0.217. The van der Waals surface area contributed by atoms with Crippen LogP contribution in [0.3, 0.4) is 0 Å². The van der Waals surface area contributed by atoms with Crippen LogP contribution in [0.25, 0.3) is 0 Å². The van der Waals surface area contributed by atoms with Gasteiger partial charge in [-0.2, -0.15) is 5.10 Å². The summed E-state index contributed by atoms with van der Waals surface area (Å²) in [5, 5.41) is 8.85. The Bertz CT molecular complexity index is 1030. The van der Waals surface area contributed by atoms with E-state index in [1.165, 1.54) is 17.3 Å². The van der Waals surface area contributed by atoms with Gasteiger partial charge in [-0.15, -0.1) is 5.10 Å². The minimum Gasteiger partial charge on any atom is -0.467 e. The third kappa shape index (κ3) is 4.86. The molecular formula is C23H22N4O2S. The van der Waals surface area contributed by atoms with Gasteiger partial charge in [-0.1, -0.05) is 49.0 Å². The van der Waals surface area contributed by atoms with E-state index in [0.29, 0.717) is 23.9 Å². The van der Waals surface area contributed by atoms with E-state index < -0.39 is 0 Å². The number of furan rings is 1. The number of rotatable bonds is 7. The maximum Gasteiger partial charge on any atom is 0.242 e. The summed E-state index contributed by atoms with van der Waals surface area (Å²) in [5.74, 6) is 0.729. The molecule has 1 aromatic carbocycles. The second-order valence-electron chi connectivity index (χ2n) is 6.90. The minimum atomic E-state index is -0.236. The third-order valence-corrected chi connectivity index (χ3v) is 5.97. The molecule has 2 aromatic heterocycles. The molecule has 7 heteroatoms. The number of amides is 1. The predicted molar refractivity (Wildman–Crippen MR) is 119 cm³/mol. The minimum absolute atomic E-state index is 0.0197. The highest BCUT2D eigenvalue weighted by atomic mass is 32.2. The molecule has 1 aliphatic heterocycles. The molecule has 1 atom stereocenters. The lowest BCUT2D eigenvalue weighted by atomic mass is 10.1. The molecule has 4 rings (SSSR count). The molecule has 1 amide bonds. The fourth-order valence-corrected chi connectivity index (χ4v) is 4.28. The van der Waals surface area contributed by atoms with Gasteiger partial charge in [0.15, 0.2) is 5.17 Å². The van der Waals surface area contributed by atoms with E-state index in [1.807, 2.05) is 24.3 Å². The smallest absolute Gasteiger partial charge is 0.242 e. The maximum absolute atomic E-state index is 13.1. The normalized spacial score (nSPS) is 18.0. The number of aromatic nitrogens is 1. The van der Waals surface area contributed by atoms with Crippen molar-refractivity contribution in [2.75, 3.05) is 0 Å². The van der Waals surface area contributed by atoms with Gasteiger partial charge >= 0.3 is 0 Å². The molecule has 0 bridgehead atoms. The summed E-state index contributed by atoms with van der Waals surface area (Å²) in [5.41, 5.74) is 3.27. The first-order valence-electron chi connectivity index (χ1n) is 9.82. The Balaban J connectivity index is 1.53. The quantitative estimate of drug-likeness (QED) is 0.423. The zero-order valence-corrected chi connectivity index (χ0v) is 17.5. The first kappa shape index (κ1) is 20.1. The summed E-state index contributed by atoms with van der Waals surface area (Å²) in [7, 11) is 0. The molecule has 3 aromatic rings. The van der Waals surface area contributed by atoms with Crippen molar-refractivity contribution in [3.05, 3.63) is 89.6 Å². The van der Waals surface area contributed by atoms with Crippen LogP contribution in [-0.2, 0) is 24.2 Å². The van der Waals surface area contributed by atoms with Crippen molar-refractivity contribution < 1.29 is 9.21 Å². The lowest BCUT2D eigenvalue weighted by Gasteiger charge is -2.14. The number of amidine groups is 1. The molecule has 0 aliphatic carbocycles. The molecule has 6 nitrogen and oxygen atoms in total. The first-order valence-corrected chi connectivity index (χ1v) is 10.7. The molecule has 1 saturated heterocycles. The van der Waals surface area contributed by atoms with Gasteiger partial charge in [0, 0.05) is 18.0 Å². The molecule has 3 heterocycles. The second kappa shape index (κ2) is 9.54. The average Bonchev–Trinajstić information content (AvgIpc) is 3.39. The van der Waals surface area contributed by atoms with Gasteiger partial charge in [-0.25, -0.2) is 0 Å². The Morgan fingerprint density at radius 2 is 2.00 bits per heavy atom. The van der Waals surface area contributed by atoms with Crippen LogP contribution in [0.15, 0.2) is 81.8 Å². The summed E-state index contributed by atoms with van der Waals surface area (Å²) < 4.78 is 5.44. The van der Waals surface area contributed by atoms with Crippen molar-refractivity contribution in [2.45, 2.75) is 31.6 Å². The highest BCUT2D eigenvalue weighted by Crippen LogP contribution is 2.31. The molecule has 1 fully saturated rings. The summed E-state index contributed by atoms with van der Waals surface area (Å²) in [6.07, 6.45) is 8.30. The largest absolute Gasteiger partial charge is 0.467 e. The highest BCUT2D eigenvalue weighted by molar-refractivity contribution is 8.15. The molecule has 152 valence electrons. The van der Waals surface area contributed by atoms with E-state index in [4.69, 9.17) is 4.42 Å². The molecule has 0 unspecified atom stereocenters. The summed E-state index contributed by atoms with van der Waals surface area (Å²) in [6.45, 7) is 2.47. The number of thioether (sulfide) groups is 1. The topological polar surface area (TPSA) is 71.1 Å². The summed E-state index contributed by atoms with van der Waals surface area (Å²) >= 11 is 1.44. The van der Waals surface area contributed by atoms with Crippen molar-refractivity contribution in [3.8, 4) is 0 Å². The predicted octanol–water partition coefficient (Wildman–Crippen LogP) is 4.31. The van der Waals surface area contributed by atoms with E-state index in [-0.39, 0.29) is 11.2 Å². The van der Waals surface area contributed by atoms with Crippen molar-refractivity contribution in [2.24, 2.45) is 10.2 Å². The van der Waals surface area contributed by atoms with Gasteiger partial charge in [-0.3, -0.25) is 14.7 Å². The number of nitrogens with zero attached hydrogens (tertiary/aromatic N) is 4. The number of hydrogen-bond acceptors (Lipinski definition) is 6. The van der Waals surface area contributed by atoms with Crippen molar-refractivity contribution >= 4 is 29.1 Å². The van der Waals surface area contributed by atoms with Gasteiger partial charge in [0.25, 0.3) is 0 Å². The zero-order valence-electron chi connectivity index (χ0n) is 16.6. The molecule has 0 N–H and O–H groups in total. The zero-order chi connectivity index (χ0) is 20.8. The van der Waals surface area contributed by atoms with Gasteiger partial charge in [0.1, 0.15) is 5.76 Å². The molecule has 30 heavy (non-hydrogen) atoms. The van der Waals surface area contributed by atoms with Gasteiger partial charge in [0.2, 0.25) is 5.91 Å². The van der Waals surface area contributed by atoms with Crippen molar-refractivity contribution in [1.29, 1.82) is 0 Å². The molecule has 0 spiro atoms. The van der Waals surface area contributed by atoms with Crippen molar-refractivity contribution in [1.82, 2.24) is 9.88 Å². The van der Waals surface area contributed by atoms with Crippen LogP contribution in [0.1, 0.15) is 29.4 Å². The number of benzene rings is 1. The Hall–Kier alpha value is -3.19. The number of carbonyl (C=O) groups excluding carboxylic acids is 1. The van der Waals surface area contributed by atoms with Crippen LogP contribution in [0, 0.1) is 0 Å². The SMILES string of the molecule is CCc1ccc(C[C@H]2S/C(=N\N=C/c3cccnc3)N(Cc3ccco3)C2=O)cc1. The number of hydrogen-bond donors (Lipinski definition) is 0. The average molecular weight is 419 g/mol. The van der Waals surface area contributed by atoms with E-state index in [1.54, 1.807) is 29.8 Å².